The van der Waals surface area contributed by atoms with Gasteiger partial charge in [-0.25, -0.2) is 5.10 Å². The highest BCUT2D eigenvalue weighted by Gasteiger charge is 2.31. The molecule has 3 aromatic rings. The van der Waals surface area contributed by atoms with Crippen molar-refractivity contribution in [2.75, 3.05) is 0 Å². The molecular weight excluding hydrogens is 341 g/mol. The smallest absolute Gasteiger partial charge is 0.247 e. The average molecular weight is 349 g/mol. The van der Waals surface area contributed by atoms with Crippen LogP contribution in [0, 0.1) is 11.3 Å². The summed E-state index contributed by atoms with van der Waals surface area (Å²) in [4.78, 5) is 0. The number of alkyl halides is 3. The highest BCUT2D eigenvalue weighted by Crippen LogP contribution is 2.38. The first-order chi connectivity index (χ1) is 11.4. The van der Waals surface area contributed by atoms with E-state index in [0.29, 0.717) is 16.1 Å². The molecule has 24 heavy (non-hydrogen) atoms. The van der Waals surface area contributed by atoms with Gasteiger partial charge < -0.3 is 0 Å². The summed E-state index contributed by atoms with van der Waals surface area (Å²) in [5, 5.41) is 19.2. The maximum Gasteiger partial charge on any atom is 0.416 e. The molecule has 0 amide bonds. The molecule has 0 aliphatic rings. The van der Waals surface area contributed by atoms with E-state index < -0.39 is 11.7 Å². The van der Waals surface area contributed by atoms with Crippen molar-refractivity contribution in [3.8, 4) is 28.5 Å². The van der Waals surface area contributed by atoms with Crippen LogP contribution in [0.5, 0.6) is 0 Å². The number of H-pyrrole nitrogens is 1. The molecule has 1 aromatic heterocycles. The first-order valence-electron chi connectivity index (χ1n) is 6.69. The van der Waals surface area contributed by atoms with Crippen LogP contribution in [0.1, 0.15) is 11.3 Å². The zero-order valence-electron chi connectivity index (χ0n) is 11.9. The van der Waals surface area contributed by atoms with Crippen molar-refractivity contribution in [1.29, 1.82) is 5.26 Å². The minimum Gasteiger partial charge on any atom is -0.247 e. The summed E-state index contributed by atoms with van der Waals surface area (Å²) < 4.78 is 39.2. The molecule has 0 atom stereocenters. The van der Waals surface area contributed by atoms with Gasteiger partial charge in [0.1, 0.15) is 11.8 Å². The third kappa shape index (κ3) is 2.96. The Hall–Kier alpha value is -2.85. The Morgan fingerprint density at radius 2 is 1.75 bits per heavy atom. The molecule has 2 aromatic carbocycles. The summed E-state index contributed by atoms with van der Waals surface area (Å²) in [5.74, 6) is 0. The molecule has 1 heterocycles. The maximum atomic E-state index is 13.1. The predicted octanol–water partition coefficient (Wildman–Crippen LogP) is 4.68. The van der Waals surface area contributed by atoms with Gasteiger partial charge in [0, 0.05) is 10.6 Å². The fraction of sp³-hybridized carbons (Fsp3) is 0.0625. The first-order valence-corrected chi connectivity index (χ1v) is 7.06. The third-order valence-corrected chi connectivity index (χ3v) is 3.67. The summed E-state index contributed by atoms with van der Waals surface area (Å²) in [5.41, 5.74) is 0.526. The lowest BCUT2D eigenvalue weighted by atomic mass is 9.94. The summed E-state index contributed by atoms with van der Waals surface area (Å²) in [6.45, 7) is 0. The van der Waals surface area contributed by atoms with Gasteiger partial charge in [-0.2, -0.15) is 18.4 Å². The molecule has 0 bridgehead atoms. The minimum absolute atomic E-state index is 0.00969. The fourth-order valence-corrected chi connectivity index (χ4v) is 2.42. The van der Waals surface area contributed by atoms with Gasteiger partial charge in [0.05, 0.1) is 5.56 Å². The summed E-state index contributed by atoms with van der Waals surface area (Å²) >= 11 is 5.85. The Morgan fingerprint density at radius 1 is 1.04 bits per heavy atom. The standard InChI is InChI=1S/C16H8ClF3N4/c17-11-4-1-9(2-5-11)12-6-3-10(16(18,19)20)7-13(12)15-14(8-21)22-24-23-15/h1-7H,(H,22,23,24). The van der Waals surface area contributed by atoms with Gasteiger partial charge in [-0.3, -0.25) is 0 Å². The highest BCUT2D eigenvalue weighted by molar-refractivity contribution is 6.30. The molecule has 0 aliphatic heterocycles. The molecule has 120 valence electrons. The normalized spacial score (nSPS) is 11.3. The van der Waals surface area contributed by atoms with E-state index in [0.717, 1.165) is 12.1 Å². The summed E-state index contributed by atoms with van der Waals surface area (Å²) in [6.07, 6.45) is -4.51. The Labute approximate surface area is 139 Å². The molecule has 8 heteroatoms. The number of aromatic nitrogens is 3. The number of aromatic amines is 1. The SMILES string of the molecule is N#Cc1[nH]nnc1-c1cc(C(F)(F)F)ccc1-c1ccc(Cl)cc1. The van der Waals surface area contributed by atoms with E-state index in [9.17, 15) is 13.2 Å². The number of benzene rings is 2. The lowest BCUT2D eigenvalue weighted by Crippen LogP contribution is -2.05. The second-order valence-electron chi connectivity index (χ2n) is 4.91. The van der Waals surface area contributed by atoms with E-state index >= 15 is 0 Å². The van der Waals surface area contributed by atoms with E-state index in [2.05, 4.69) is 15.4 Å². The second kappa shape index (κ2) is 5.98. The largest absolute Gasteiger partial charge is 0.416 e. The van der Waals surface area contributed by atoms with Gasteiger partial charge >= 0.3 is 6.18 Å². The van der Waals surface area contributed by atoms with Gasteiger partial charge in [0.15, 0.2) is 5.69 Å². The van der Waals surface area contributed by atoms with Crippen molar-refractivity contribution in [2.45, 2.75) is 6.18 Å². The van der Waals surface area contributed by atoms with Crippen molar-refractivity contribution in [1.82, 2.24) is 15.4 Å². The average Bonchev–Trinajstić information content (AvgIpc) is 3.03. The monoisotopic (exact) mass is 348 g/mol. The van der Waals surface area contributed by atoms with Crippen molar-refractivity contribution >= 4 is 11.6 Å². The van der Waals surface area contributed by atoms with E-state index in [4.69, 9.17) is 16.9 Å². The fourth-order valence-electron chi connectivity index (χ4n) is 2.29. The van der Waals surface area contributed by atoms with Crippen molar-refractivity contribution in [3.63, 3.8) is 0 Å². The maximum absolute atomic E-state index is 13.1. The quantitative estimate of drug-likeness (QED) is 0.731. The Balaban J connectivity index is 2.26. The van der Waals surface area contributed by atoms with E-state index in [1.165, 1.54) is 6.07 Å². The first kappa shape index (κ1) is 16.0. The molecule has 0 fully saturated rings. The molecular formula is C16H8ClF3N4. The third-order valence-electron chi connectivity index (χ3n) is 3.42. The molecule has 0 radical (unpaired) electrons. The van der Waals surface area contributed by atoms with Crippen LogP contribution < -0.4 is 0 Å². The van der Waals surface area contributed by atoms with Crippen LogP contribution in [-0.2, 0) is 6.18 Å². The lowest BCUT2D eigenvalue weighted by molar-refractivity contribution is -0.137. The van der Waals surface area contributed by atoms with Crippen LogP contribution in [0.4, 0.5) is 13.2 Å². The Morgan fingerprint density at radius 3 is 2.38 bits per heavy atom. The van der Waals surface area contributed by atoms with Gasteiger partial charge in [-0.1, -0.05) is 35.0 Å². The Bertz CT molecular complexity index is 924. The molecule has 0 spiro atoms. The Kier molecular flexibility index (Phi) is 3.99. The van der Waals surface area contributed by atoms with Gasteiger partial charge in [-0.15, -0.1) is 5.10 Å². The number of rotatable bonds is 2. The van der Waals surface area contributed by atoms with Crippen molar-refractivity contribution < 1.29 is 13.2 Å². The summed E-state index contributed by atoms with van der Waals surface area (Å²) in [6, 6.07) is 11.8. The number of nitrogens with zero attached hydrogens (tertiary/aromatic N) is 3. The highest BCUT2D eigenvalue weighted by atomic mass is 35.5. The van der Waals surface area contributed by atoms with E-state index in [1.54, 1.807) is 24.3 Å². The molecule has 0 saturated heterocycles. The number of hydrogen-bond acceptors (Lipinski definition) is 3. The van der Waals surface area contributed by atoms with Crippen LogP contribution in [0.3, 0.4) is 0 Å². The van der Waals surface area contributed by atoms with Crippen LogP contribution >= 0.6 is 11.6 Å². The number of halogens is 4. The minimum atomic E-state index is -4.51. The van der Waals surface area contributed by atoms with Gasteiger partial charge in [-0.05, 0) is 35.4 Å². The number of hydrogen-bond donors (Lipinski definition) is 1. The topological polar surface area (TPSA) is 65.4 Å². The zero-order chi connectivity index (χ0) is 17.3. The number of nitriles is 1. The lowest BCUT2D eigenvalue weighted by Gasteiger charge is -2.13. The predicted molar refractivity (Wildman–Crippen MR) is 82.0 cm³/mol. The second-order valence-corrected chi connectivity index (χ2v) is 5.35. The van der Waals surface area contributed by atoms with Gasteiger partial charge in [0.25, 0.3) is 0 Å². The van der Waals surface area contributed by atoms with Gasteiger partial charge in [0.2, 0.25) is 0 Å². The zero-order valence-corrected chi connectivity index (χ0v) is 12.7. The van der Waals surface area contributed by atoms with Crippen molar-refractivity contribution in [3.05, 3.63) is 58.7 Å². The number of nitrogens with one attached hydrogen (secondary N) is 1. The van der Waals surface area contributed by atoms with Crippen LogP contribution in [0.25, 0.3) is 22.4 Å². The molecule has 3 rings (SSSR count). The van der Waals surface area contributed by atoms with Crippen molar-refractivity contribution in [2.24, 2.45) is 0 Å². The van der Waals surface area contributed by atoms with Crippen LogP contribution in [-0.4, -0.2) is 15.4 Å². The molecule has 0 unspecified atom stereocenters. The van der Waals surface area contributed by atoms with Crippen LogP contribution in [0.2, 0.25) is 5.02 Å². The molecule has 0 aliphatic carbocycles. The summed E-state index contributed by atoms with van der Waals surface area (Å²) in [7, 11) is 0. The van der Waals surface area contributed by atoms with E-state index in [1.807, 2.05) is 6.07 Å². The van der Waals surface area contributed by atoms with E-state index in [-0.39, 0.29) is 17.0 Å². The molecule has 4 nitrogen and oxygen atoms in total. The molecule has 0 saturated carbocycles. The molecule has 1 N–H and O–H groups in total. The van der Waals surface area contributed by atoms with Crippen LogP contribution in [0.15, 0.2) is 42.5 Å².